The van der Waals surface area contributed by atoms with E-state index in [1.807, 2.05) is 0 Å². The van der Waals surface area contributed by atoms with Gasteiger partial charge in [-0.2, -0.15) is 0 Å². The van der Waals surface area contributed by atoms with E-state index in [2.05, 4.69) is 16.8 Å². The summed E-state index contributed by atoms with van der Waals surface area (Å²) in [5, 5.41) is 9.29. The summed E-state index contributed by atoms with van der Waals surface area (Å²) in [5.74, 6) is -0.572. The molecule has 3 nitrogen and oxygen atoms in total. The van der Waals surface area contributed by atoms with Crippen LogP contribution in [-0.2, 0) is 4.79 Å². The largest absolute Gasteiger partial charge is 0.481 e. The molecule has 2 bridgehead atoms. The molecule has 4 heteroatoms. The summed E-state index contributed by atoms with van der Waals surface area (Å²) >= 11 is -0.120. The summed E-state index contributed by atoms with van der Waals surface area (Å²) in [6.45, 7) is 0.797. The second-order valence-corrected chi connectivity index (χ2v) is 6.97. The van der Waals surface area contributed by atoms with Crippen LogP contribution in [0.1, 0.15) is 25.7 Å². The summed E-state index contributed by atoms with van der Waals surface area (Å²) in [7, 11) is 0. The molecule has 1 aliphatic carbocycles. The molecule has 0 unspecified atom stereocenters. The van der Waals surface area contributed by atoms with Gasteiger partial charge in [0.25, 0.3) is 0 Å². The van der Waals surface area contributed by atoms with Crippen molar-refractivity contribution in [1.29, 1.82) is 0 Å². The maximum absolute atomic E-state index is 11.3. The molecule has 2 saturated heterocycles. The number of carboxylic acid groups (broad SMARTS) is 1. The van der Waals surface area contributed by atoms with E-state index in [-0.39, 0.29) is 11.1 Å². The van der Waals surface area contributed by atoms with Crippen molar-refractivity contribution in [3.8, 4) is 0 Å². The van der Waals surface area contributed by atoms with Crippen LogP contribution in [0.4, 0.5) is 0 Å². The first-order chi connectivity index (χ1) is 6.55. The molecule has 3 rings (SSSR count). The maximum Gasteiger partial charge on any atom is 0.310 e. The molecule has 2 aliphatic heterocycles. The van der Waals surface area contributed by atoms with Crippen molar-refractivity contribution >= 4 is 17.1 Å². The van der Waals surface area contributed by atoms with Crippen LogP contribution in [0, 0.1) is 5.41 Å². The van der Waals surface area contributed by atoms with E-state index < -0.39 is 11.4 Å². The Morgan fingerprint density at radius 3 is 2.43 bits per heavy atom. The van der Waals surface area contributed by atoms with Gasteiger partial charge in [-0.3, -0.25) is 9.10 Å². The smallest absolute Gasteiger partial charge is 0.310 e. The highest BCUT2D eigenvalue weighted by Crippen LogP contribution is 2.49. The van der Waals surface area contributed by atoms with E-state index in [1.54, 1.807) is 0 Å². The van der Waals surface area contributed by atoms with Crippen molar-refractivity contribution < 1.29 is 9.90 Å². The van der Waals surface area contributed by atoms with Gasteiger partial charge in [-0.05, 0) is 38.2 Å². The molecule has 3 fully saturated rings. The minimum atomic E-state index is -0.572. The molecule has 0 aromatic carbocycles. The van der Waals surface area contributed by atoms with E-state index >= 15 is 0 Å². The molecule has 0 spiro atoms. The first kappa shape index (κ1) is 10.3. The third-order valence-electron chi connectivity index (χ3n) is 3.77. The first-order valence-corrected chi connectivity index (χ1v) is 7.41. The van der Waals surface area contributed by atoms with Gasteiger partial charge in [0.15, 0.2) is 0 Å². The first-order valence-electron chi connectivity index (χ1n) is 5.22. The molecular weight excluding hydrogens is 198 g/mol. The minimum absolute atomic E-state index is 0.120. The molecule has 2 heterocycles. The van der Waals surface area contributed by atoms with Crippen molar-refractivity contribution in [1.82, 2.24) is 4.31 Å². The number of thiol groups is 1. The molecule has 0 aromatic rings. The quantitative estimate of drug-likeness (QED) is 0.689. The summed E-state index contributed by atoms with van der Waals surface area (Å²) < 4.78 is 2.44. The number of hydrogen-bond donors (Lipinski definition) is 2. The highest BCUT2D eigenvalue weighted by molar-refractivity contribution is 8.13. The lowest BCUT2D eigenvalue weighted by Gasteiger charge is -2.52. The lowest BCUT2D eigenvalue weighted by atomic mass is 9.69. The molecule has 1 saturated carbocycles. The van der Waals surface area contributed by atoms with Crippen LogP contribution in [0.5, 0.6) is 0 Å². The predicted octanol–water partition coefficient (Wildman–Crippen LogP) is 1.49. The maximum atomic E-state index is 11.3. The fraction of sp³-hybridized carbons (Fsp3) is 0.900. The Labute approximate surface area is 88.0 Å². The highest BCUT2D eigenvalue weighted by atomic mass is 32.2. The van der Waals surface area contributed by atoms with Crippen LogP contribution in [0.25, 0.3) is 0 Å². The molecule has 3 aliphatic rings. The number of hydrogen-bond acceptors (Lipinski definition) is 2. The number of piperidine rings is 2. The average Bonchev–Trinajstić information content (AvgIpc) is 2.19. The van der Waals surface area contributed by atoms with Gasteiger partial charge in [-0.25, -0.2) is 11.1 Å². The van der Waals surface area contributed by atoms with Gasteiger partial charge in [-0.15, -0.1) is 0 Å². The van der Waals surface area contributed by atoms with Crippen LogP contribution in [0.15, 0.2) is 0 Å². The Morgan fingerprint density at radius 1 is 1.43 bits per heavy atom. The van der Waals surface area contributed by atoms with Gasteiger partial charge >= 0.3 is 5.97 Å². The van der Waals surface area contributed by atoms with Crippen molar-refractivity contribution in [2.45, 2.75) is 31.7 Å². The second-order valence-electron chi connectivity index (χ2n) is 4.76. The van der Waals surface area contributed by atoms with E-state index in [0.29, 0.717) is 6.04 Å². The monoisotopic (exact) mass is 217 g/mol. The second kappa shape index (κ2) is 3.42. The zero-order valence-corrected chi connectivity index (χ0v) is 9.76. The Hall–Kier alpha value is -0.220. The number of rotatable bonds is 2. The van der Waals surface area contributed by atoms with Gasteiger partial charge in [-0.1, -0.05) is 0 Å². The number of carbonyl (C=O) groups is 1. The zero-order valence-electron chi connectivity index (χ0n) is 8.86. The van der Waals surface area contributed by atoms with Crippen molar-refractivity contribution in [3.63, 3.8) is 0 Å². The van der Waals surface area contributed by atoms with Crippen LogP contribution in [-0.4, -0.2) is 40.5 Å². The van der Waals surface area contributed by atoms with Gasteiger partial charge < -0.3 is 5.11 Å². The van der Waals surface area contributed by atoms with Crippen molar-refractivity contribution in [3.05, 3.63) is 0 Å². The van der Waals surface area contributed by atoms with Crippen LogP contribution in [0.3, 0.4) is 0 Å². The fourth-order valence-corrected chi connectivity index (χ4v) is 4.24. The standard InChI is InChI=1S/C10H19NO2S/c1-14(2)11-7-10(9(12)13)5-3-8(11)4-6-10/h8,14H,3-7H2,1-2H3,(H,12,13). The van der Waals surface area contributed by atoms with E-state index in [0.717, 1.165) is 32.2 Å². The normalized spacial score (nSPS) is 38.4. The van der Waals surface area contributed by atoms with E-state index in [4.69, 9.17) is 0 Å². The molecular formula is C10H19NO2S. The average molecular weight is 217 g/mol. The topological polar surface area (TPSA) is 40.5 Å². The number of aliphatic carboxylic acids is 1. The molecule has 1 N–H and O–H groups in total. The van der Waals surface area contributed by atoms with Crippen molar-refractivity contribution in [2.75, 3.05) is 19.1 Å². The van der Waals surface area contributed by atoms with Crippen LogP contribution < -0.4 is 0 Å². The third-order valence-corrected chi connectivity index (χ3v) is 5.26. The number of fused-ring (bicyclic) bond motifs is 3. The summed E-state index contributed by atoms with van der Waals surface area (Å²) in [6.07, 6.45) is 8.43. The highest BCUT2D eigenvalue weighted by Gasteiger charge is 2.49. The molecule has 0 amide bonds. The predicted molar refractivity (Wildman–Crippen MR) is 59.9 cm³/mol. The Kier molecular flexibility index (Phi) is 2.52. The van der Waals surface area contributed by atoms with Gasteiger partial charge in [0.2, 0.25) is 0 Å². The zero-order chi connectivity index (χ0) is 10.3. The Balaban J connectivity index is 2.19. The van der Waals surface area contributed by atoms with Gasteiger partial charge in [0.1, 0.15) is 0 Å². The molecule has 82 valence electrons. The minimum Gasteiger partial charge on any atom is -0.481 e. The van der Waals surface area contributed by atoms with Crippen LogP contribution >= 0.6 is 11.1 Å². The Morgan fingerprint density at radius 2 is 2.00 bits per heavy atom. The lowest BCUT2D eigenvalue weighted by Crippen LogP contribution is -2.55. The van der Waals surface area contributed by atoms with E-state index in [9.17, 15) is 9.90 Å². The fourth-order valence-electron chi connectivity index (χ4n) is 2.80. The van der Waals surface area contributed by atoms with Gasteiger partial charge in [0, 0.05) is 12.6 Å². The SMILES string of the molecule is C[SH](C)N1CC2(C(=O)O)CCC1CC2. The molecule has 0 atom stereocenters. The Bertz CT molecular complexity index is 247. The van der Waals surface area contributed by atoms with E-state index in [1.165, 1.54) is 0 Å². The molecule has 0 aromatic heterocycles. The van der Waals surface area contributed by atoms with Crippen molar-refractivity contribution in [2.24, 2.45) is 5.41 Å². The third kappa shape index (κ3) is 1.44. The summed E-state index contributed by atoms with van der Waals surface area (Å²) in [4.78, 5) is 11.3. The molecule has 14 heavy (non-hydrogen) atoms. The summed E-state index contributed by atoms with van der Waals surface area (Å²) in [6, 6.07) is 0.678. The number of nitrogens with zero attached hydrogens (tertiary/aromatic N) is 1. The number of carboxylic acids is 1. The summed E-state index contributed by atoms with van der Waals surface area (Å²) in [5.41, 5.74) is -0.401. The lowest BCUT2D eigenvalue weighted by molar-refractivity contribution is -0.156. The van der Waals surface area contributed by atoms with Gasteiger partial charge in [0.05, 0.1) is 5.41 Å². The van der Waals surface area contributed by atoms with Crippen LogP contribution in [0.2, 0.25) is 0 Å². The molecule has 0 radical (unpaired) electrons.